The summed E-state index contributed by atoms with van der Waals surface area (Å²) < 4.78 is 12.1. The fourth-order valence-corrected chi connectivity index (χ4v) is 4.45. The van der Waals surface area contributed by atoms with Crippen molar-refractivity contribution in [2.24, 2.45) is 5.92 Å². The molecular formula is C12H22O2Si. The average molecular weight is 226 g/mol. The second-order valence-corrected chi connectivity index (χ2v) is 10.5. The second-order valence-electron chi connectivity index (χ2n) is 6.11. The summed E-state index contributed by atoms with van der Waals surface area (Å²) in [6.07, 6.45) is 2.57. The Kier molecular flexibility index (Phi) is 2.60. The molecule has 1 saturated carbocycles. The predicted molar refractivity (Wildman–Crippen MR) is 64.4 cm³/mol. The lowest BCUT2D eigenvalue weighted by molar-refractivity contribution is -0.0229. The molecule has 15 heavy (non-hydrogen) atoms. The van der Waals surface area contributed by atoms with E-state index in [1.165, 1.54) is 5.57 Å². The number of hydrogen-bond acceptors (Lipinski definition) is 2. The van der Waals surface area contributed by atoms with Crippen molar-refractivity contribution in [1.29, 1.82) is 0 Å². The fourth-order valence-electron chi connectivity index (χ4n) is 2.93. The van der Waals surface area contributed by atoms with Gasteiger partial charge in [-0.25, -0.2) is 0 Å². The molecule has 2 bridgehead atoms. The van der Waals surface area contributed by atoms with Crippen molar-refractivity contribution in [3.8, 4) is 0 Å². The second kappa shape index (κ2) is 3.44. The first kappa shape index (κ1) is 11.4. The van der Waals surface area contributed by atoms with Crippen LogP contribution in [0.3, 0.4) is 0 Å². The van der Waals surface area contributed by atoms with Gasteiger partial charge in [-0.15, -0.1) is 0 Å². The molecule has 0 spiro atoms. The van der Waals surface area contributed by atoms with Crippen LogP contribution >= 0.6 is 0 Å². The van der Waals surface area contributed by atoms with Crippen LogP contribution in [0, 0.1) is 5.92 Å². The maximum Gasteiger partial charge on any atom is 0.184 e. The highest BCUT2D eigenvalue weighted by atomic mass is 28.4. The Morgan fingerprint density at radius 1 is 1.40 bits per heavy atom. The lowest BCUT2D eigenvalue weighted by atomic mass is 9.94. The van der Waals surface area contributed by atoms with E-state index < -0.39 is 8.32 Å². The smallest absolute Gasteiger partial charge is 0.184 e. The molecule has 0 aromatic rings. The van der Waals surface area contributed by atoms with Crippen LogP contribution in [0.4, 0.5) is 0 Å². The first-order valence-corrected chi connectivity index (χ1v) is 9.19. The summed E-state index contributed by atoms with van der Waals surface area (Å²) in [7, 11) is -1.46. The zero-order valence-electron chi connectivity index (χ0n) is 10.3. The zero-order valence-corrected chi connectivity index (χ0v) is 11.3. The van der Waals surface area contributed by atoms with Crippen molar-refractivity contribution >= 4 is 8.32 Å². The van der Waals surface area contributed by atoms with Crippen molar-refractivity contribution in [1.82, 2.24) is 0 Å². The van der Waals surface area contributed by atoms with Gasteiger partial charge in [-0.1, -0.05) is 12.2 Å². The molecule has 2 aliphatic rings. The normalized spacial score (nSPS) is 39.7. The van der Waals surface area contributed by atoms with E-state index in [1.54, 1.807) is 0 Å². The summed E-state index contributed by atoms with van der Waals surface area (Å²) in [5.41, 5.74) is 1.28. The minimum absolute atomic E-state index is 0.0265. The van der Waals surface area contributed by atoms with Gasteiger partial charge in [0.2, 0.25) is 0 Å². The van der Waals surface area contributed by atoms with Gasteiger partial charge < -0.3 is 9.16 Å². The molecule has 1 heterocycles. The molecule has 3 heteroatoms. The summed E-state index contributed by atoms with van der Waals surface area (Å²) in [6, 6.07) is 0. The fraction of sp³-hybridized carbons (Fsp3) is 0.833. The molecule has 2 rings (SSSR count). The molecule has 1 aliphatic heterocycles. The first-order valence-electron chi connectivity index (χ1n) is 5.79. The van der Waals surface area contributed by atoms with E-state index in [0.29, 0.717) is 12.0 Å². The highest BCUT2D eigenvalue weighted by molar-refractivity contribution is 6.69. The van der Waals surface area contributed by atoms with E-state index in [0.717, 1.165) is 19.4 Å². The van der Waals surface area contributed by atoms with E-state index in [9.17, 15) is 0 Å². The van der Waals surface area contributed by atoms with Crippen LogP contribution in [0.2, 0.25) is 19.6 Å². The summed E-state index contributed by atoms with van der Waals surface area (Å²) >= 11 is 0. The lowest BCUT2D eigenvalue weighted by Gasteiger charge is -2.35. The van der Waals surface area contributed by atoms with Gasteiger partial charge in [-0.2, -0.15) is 0 Å². The SMILES string of the molecule is C=C(C)C1C[C@]2(O[Si](C)(C)C)CO[C@H]1C2. The van der Waals surface area contributed by atoms with E-state index in [2.05, 4.69) is 33.1 Å². The Morgan fingerprint density at radius 3 is 2.53 bits per heavy atom. The topological polar surface area (TPSA) is 18.5 Å². The lowest BCUT2D eigenvalue weighted by Crippen LogP contribution is -2.43. The Labute approximate surface area is 93.8 Å². The summed E-state index contributed by atoms with van der Waals surface area (Å²) in [5.74, 6) is 0.523. The van der Waals surface area contributed by atoms with Gasteiger partial charge in [-0.05, 0) is 33.0 Å². The third-order valence-corrected chi connectivity index (χ3v) is 4.38. The van der Waals surface area contributed by atoms with Crippen LogP contribution in [0.15, 0.2) is 12.2 Å². The molecule has 0 aromatic carbocycles. The van der Waals surface area contributed by atoms with Crippen LogP contribution in [0.25, 0.3) is 0 Å². The third-order valence-electron chi connectivity index (χ3n) is 3.33. The largest absolute Gasteiger partial charge is 0.410 e. The van der Waals surface area contributed by atoms with E-state index >= 15 is 0 Å². The highest BCUT2D eigenvalue weighted by Crippen LogP contribution is 2.48. The molecule has 0 radical (unpaired) electrons. The number of ether oxygens (including phenoxy) is 1. The van der Waals surface area contributed by atoms with Gasteiger partial charge in [0.25, 0.3) is 0 Å². The monoisotopic (exact) mass is 226 g/mol. The molecule has 2 fully saturated rings. The van der Waals surface area contributed by atoms with Crippen LogP contribution in [-0.2, 0) is 9.16 Å². The van der Waals surface area contributed by atoms with Crippen molar-refractivity contribution in [2.75, 3.05) is 6.61 Å². The summed E-state index contributed by atoms with van der Waals surface area (Å²) in [6.45, 7) is 13.7. The van der Waals surface area contributed by atoms with Crippen molar-refractivity contribution < 1.29 is 9.16 Å². The van der Waals surface area contributed by atoms with Crippen molar-refractivity contribution in [2.45, 2.75) is 51.1 Å². The summed E-state index contributed by atoms with van der Waals surface area (Å²) in [4.78, 5) is 0. The average Bonchev–Trinajstić information content (AvgIpc) is 2.56. The molecule has 3 atom stereocenters. The van der Waals surface area contributed by atoms with Crippen LogP contribution < -0.4 is 0 Å². The standard InChI is InChI=1S/C12H22O2Si/c1-9(2)10-6-12(14-15(3,4)5)7-11(10)13-8-12/h10-11H,1,6-8H2,2-5H3/t10?,11-,12+/m0/s1. The van der Waals surface area contributed by atoms with Crippen LogP contribution in [0.1, 0.15) is 19.8 Å². The van der Waals surface area contributed by atoms with E-state index in [1.807, 2.05) is 0 Å². The molecule has 86 valence electrons. The summed E-state index contributed by atoms with van der Waals surface area (Å²) in [5, 5.41) is 0. The third kappa shape index (κ3) is 2.19. The number of hydrogen-bond donors (Lipinski definition) is 0. The minimum Gasteiger partial charge on any atom is -0.410 e. The van der Waals surface area contributed by atoms with Crippen LogP contribution in [0.5, 0.6) is 0 Å². The van der Waals surface area contributed by atoms with Gasteiger partial charge in [-0.3, -0.25) is 0 Å². The molecular weight excluding hydrogens is 204 g/mol. The highest BCUT2D eigenvalue weighted by Gasteiger charge is 2.54. The van der Waals surface area contributed by atoms with Crippen LogP contribution in [-0.4, -0.2) is 26.6 Å². The molecule has 1 aliphatic carbocycles. The molecule has 0 aromatic heterocycles. The maximum absolute atomic E-state index is 6.33. The zero-order chi connectivity index (χ0) is 11.3. The Bertz CT molecular complexity index is 282. The molecule has 0 N–H and O–H groups in total. The molecule has 2 nitrogen and oxygen atoms in total. The van der Waals surface area contributed by atoms with Gasteiger partial charge in [0.15, 0.2) is 8.32 Å². The van der Waals surface area contributed by atoms with Gasteiger partial charge in [0.05, 0.1) is 18.3 Å². The van der Waals surface area contributed by atoms with Gasteiger partial charge >= 0.3 is 0 Å². The number of rotatable bonds is 3. The van der Waals surface area contributed by atoms with Gasteiger partial charge in [0.1, 0.15) is 0 Å². The van der Waals surface area contributed by atoms with E-state index in [4.69, 9.17) is 9.16 Å². The molecule has 1 saturated heterocycles. The molecule has 0 amide bonds. The quantitative estimate of drug-likeness (QED) is 0.544. The van der Waals surface area contributed by atoms with Crippen molar-refractivity contribution in [3.05, 3.63) is 12.2 Å². The Balaban J connectivity index is 2.10. The number of fused-ring (bicyclic) bond motifs is 2. The minimum atomic E-state index is -1.46. The Hall–Kier alpha value is -0.123. The predicted octanol–water partition coefficient (Wildman–Crippen LogP) is 2.96. The van der Waals surface area contributed by atoms with Gasteiger partial charge in [0, 0.05) is 12.3 Å². The first-order chi connectivity index (χ1) is 6.81. The van der Waals surface area contributed by atoms with Crippen molar-refractivity contribution in [3.63, 3.8) is 0 Å². The Morgan fingerprint density at radius 2 is 2.07 bits per heavy atom. The maximum atomic E-state index is 6.33. The molecule has 1 unspecified atom stereocenters. The van der Waals surface area contributed by atoms with E-state index in [-0.39, 0.29) is 5.60 Å².